The van der Waals surface area contributed by atoms with Crippen LogP contribution in [0, 0.1) is 0 Å². The molecule has 0 aliphatic heterocycles. The molecule has 1 rings (SSSR count). The minimum absolute atomic E-state index is 1.16. The zero-order valence-electron chi connectivity index (χ0n) is 7.14. The van der Waals surface area contributed by atoms with E-state index >= 15 is 0 Å². The molecule has 0 aromatic rings. The summed E-state index contributed by atoms with van der Waals surface area (Å²) in [6, 6.07) is 0. The van der Waals surface area contributed by atoms with Crippen LogP contribution in [0.15, 0.2) is 24.3 Å². The first-order chi connectivity index (χ1) is 4.91. The molecule has 0 nitrogen and oxygen atoms in total. The fourth-order valence-electron chi connectivity index (χ4n) is 0.825. The first-order valence-electron chi connectivity index (χ1n) is 4.18. The van der Waals surface area contributed by atoms with E-state index in [9.17, 15) is 0 Å². The molecule has 10 heavy (non-hydrogen) atoms. The van der Waals surface area contributed by atoms with Crippen molar-refractivity contribution in [1.82, 2.24) is 0 Å². The molecule has 0 atom stereocenters. The van der Waals surface area contributed by atoms with Gasteiger partial charge in [-0.1, -0.05) is 31.2 Å². The average molecular weight is 138 g/mol. The van der Waals surface area contributed by atoms with Crippen LogP contribution < -0.4 is 0 Å². The van der Waals surface area contributed by atoms with Crippen molar-refractivity contribution in [2.24, 2.45) is 0 Å². The van der Waals surface area contributed by atoms with E-state index in [1.165, 1.54) is 19.3 Å². The van der Waals surface area contributed by atoms with Gasteiger partial charge in [-0.2, -0.15) is 0 Å². The van der Waals surface area contributed by atoms with Crippen LogP contribution in [-0.2, 0) is 0 Å². The lowest BCUT2D eigenvalue weighted by atomic mass is 10.4. The van der Waals surface area contributed by atoms with Gasteiger partial charge in [-0.05, 0) is 32.6 Å². The van der Waals surface area contributed by atoms with Crippen LogP contribution in [0.3, 0.4) is 0 Å². The zero-order valence-corrected chi connectivity index (χ0v) is 7.14. The van der Waals surface area contributed by atoms with E-state index in [0.717, 1.165) is 6.42 Å². The summed E-state index contributed by atoms with van der Waals surface area (Å²) in [5.74, 6) is 0. The Kier molecular flexibility index (Phi) is 8.04. The predicted octanol–water partition coefficient (Wildman–Crippen LogP) is 3.70. The standard InChI is InChI=1S/C5H8.C5H10/c1-2-4-5-3-1;1-3-5-4-2/h1-2H,3-5H2;3,5H,4H2,1-2H3. The van der Waals surface area contributed by atoms with Crippen LogP contribution in [0.4, 0.5) is 0 Å². The van der Waals surface area contributed by atoms with Gasteiger partial charge in [0.2, 0.25) is 0 Å². The van der Waals surface area contributed by atoms with E-state index in [1.807, 2.05) is 6.92 Å². The van der Waals surface area contributed by atoms with Gasteiger partial charge in [0.05, 0.1) is 0 Å². The molecule has 0 N–H and O–H groups in total. The SMILES string of the molecule is C1=CCCC1.CC=CCC. The third kappa shape index (κ3) is 7.48. The monoisotopic (exact) mass is 138 g/mol. The van der Waals surface area contributed by atoms with Crippen LogP contribution in [0.2, 0.25) is 0 Å². The summed E-state index contributed by atoms with van der Waals surface area (Å²) in [6.07, 6.45) is 13.8. The Morgan fingerprint density at radius 2 is 1.90 bits per heavy atom. The maximum absolute atomic E-state index is 2.24. The molecule has 0 heterocycles. The summed E-state index contributed by atoms with van der Waals surface area (Å²) >= 11 is 0. The maximum atomic E-state index is 2.24. The summed E-state index contributed by atoms with van der Waals surface area (Å²) in [5, 5.41) is 0. The lowest BCUT2D eigenvalue weighted by Crippen LogP contribution is -1.50. The lowest BCUT2D eigenvalue weighted by Gasteiger charge is -1.69. The van der Waals surface area contributed by atoms with Crippen LogP contribution in [0.5, 0.6) is 0 Å². The van der Waals surface area contributed by atoms with Gasteiger partial charge >= 0.3 is 0 Å². The molecule has 1 aliphatic carbocycles. The molecule has 58 valence electrons. The third-order valence-corrected chi connectivity index (χ3v) is 1.38. The number of rotatable bonds is 1. The van der Waals surface area contributed by atoms with Gasteiger partial charge in [0.25, 0.3) is 0 Å². The Morgan fingerprint density at radius 1 is 1.30 bits per heavy atom. The van der Waals surface area contributed by atoms with Gasteiger partial charge in [-0.3, -0.25) is 0 Å². The Bertz CT molecular complexity index is 92.6. The third-order valence-electron chi connectivity index (χ3n) is 1.38. The van der Waals surface area contributed by atoms with Crippen LogP contribution in [0.25, 0.3) is 0 Å². The van der Waals surface area contributed by atoms with Crippen molar-refractivity contribution < 1.29 is 0 Å². The average Bonchev–Trinajstić information content (AvgIpc) is 2.44. The van der Waals surface area contributed by atoms with Gasteiger partial charge in [0.1, 0.15) is 0 Å². The Labute approximate surface area is 64.6 Å². The van der Waals surface area contributed by atoms with Gasteiger partial charge in [0, 0.05) is 0 Å². The van der Waals surface area contributed by atoms with Crippen molar-refractivity contribution in [3.05, 3.63) is 24.3 Å². The van der Waals surface area contributed by atoms with Crippen LogP contribution >= 0.6 is 0 Å². The Hall–Kier alpha value is -0.520. The number of allylic oxidation sites excluding steroid dienone is 4. The van der Waals surface area contributed by atoms with E-state index in [-0.39, 0.29) is 0 Å². The summed E-state index contributed by atoms with van der Waals surface area (Å²) in [7, 11) is 0. The first-order valence-corrected chi connectivity index (χ1v) is 4.18. The fourth-order valence-corrected chi connectivity index (χ4v) is 0.825. The Balaban J connectivity index is 0.000000162. The molecule has 1 aliphatic rings. The van der Waals surface area contributed by atoms with Crippen molar-refractivity contribution in [3.63, 3.8) is 0 Å². The fraction of sp³-hybridized carbons (Fsp3) is 0.600. The normalized spacial score (nSPS) is 15.4. The van der Waals surface area contributed by atoms with Gasteiger partial charge < -0.3 is 0 Å². The molecule has 0 aromatic carbocycles. The van der Waals surface area contributed by atoms with E-state index in [4.69, 9.17) is 0 Å². The summed E-state index contributed by atoms with van der Waals surface area (Å²) in [6.45, 7) is 4.16. The van der Waals surface area contributed by atoms with Crippen molar-refractivity contribution in [2.75, 3.05) is 0 Å². The van der Waals surface area contributed by atoms with E-state index in [2.05, 4.69) is 31.2 Å². The minimum atomic E-state index is 1.16. The number of hydrogen-bond donors (Lipinski definition) is 0. The molecule has 0 saturated carbocycles. The highest BCUT2D eigenvalue weighted by Crippen LogP contribution is 2.05. The molecule has 0 heteroatoms. The van der Waals surface area contributed by atoms with Gasteiger partial charge in [-0.15, -0.1) is 0 Å². The second kappa shape index (κ2) is 8.48. The molecule has 0 fully saturated rings. The number of hydrogen-bond acceptors (Lipinski definition) is 0. The second-order valence-corrected chi connectivity index (χ2v) is 2.38. The van der Waals surface area contributed by atoms with E-state index < -0.39 is 0 Å². The second-order valence-electron chi connectivity index (χ2n) is 2.38. The Morgan fingerprint density at radius 3 is 2.00 bits per heavy atom. The van der Waals surface area contributed by atoms with Crippen molar-refractivity contribution in [1.29, 1.82) is 0 Å². The highest BCUT2D eigenvalue weighted by Gasteiger charge is 1.84. The molecule has 0 bridgehead atoms. The summed E-state index contributed by atoms with van der Waals surface area (Å²) in [4.78, 5) is 0. The molecule has 0 spiro atoms. The molecule has 0 amide bonds. The smallest absolute Gasteiger partial charge is 0.0348 e. The highest BCUT2D eigenvalue weighted by molar-refractivity contribution is 4.88. The quantitative estimate of drug-likeness (QED) is 0.485. The van der Waals surface area contributed by atoms with E-state index in [0.29, 0.717) is 0 Å². The van der Waals surface area contributed by atoms with Crippen LogP contribution in [0.1, 0.15) is 39.5 Å². The van der Waals surface area contributed by atoms with Crippen LogP contribution in [-0.4, -0.2) is 0 Å². The molecule has 0 radical (unpaired) electrons. The molecule has 0 saturated heterocycles. The zero-order chi connectivity index (χ0) is 7.66. The van der Waals surface area contributed by atoms with Gasteiger partial charge in [-0.25, -0.2) is 0 Å². The predicted molar refractivity (Wildman–Crippen MR) is 48.1 cm³/mol. The van der Waals surface area contributed by atoms with Gasteiger partial charge in [0.15, 0.2) is 0 Å². The molecule has 0 unspecified atom stereocenters. The summed E-state index contributed by atoms with van der Waals surface area (Å²) in [5.41, 5.74) is 0. The first kappa shape index (κ1) is 9.48. The molecular weight excluding hydrogens is 120 g/mol. The topological polar surface area (TPSA) is 0 Å². The van der Waals surface area contributed by atoms with E-state index in [1.54, 1.807) is 0 Å². The molecule has 0 aromatic heterocycles. The van der Waals surface area contributed by atoms with Crippen molar-refractivity contribution in [2.45, 2.75) is 39.5 Å². The summed E-state index contributed by atoms with van der Waals surface area (Å²) < 4.78 is 0. The minimum Gasteiger partial charge on any atom is -0.0917 e. The molecular formula is C10H18. The van der Waals surface area contributed by atoms with Crippen molar-refractivity contribution in [3.8, 4) is 0 Å². The van der Waals surface area contributed by atoms with Crippen molar-refractivity contribution >= 4 is 0 Å². The maximum Gasteiger partial charge on any atom is -0.0348 e. The largest absolute Gasteiger partial charge is 0.0917 e. The highest BCUT2D eigenvalue weighted by atomic mass is 13.9. The lowest BCUT2D eigenvalue weighted by molar-refractivity contribution is 0.929.